The Morgan fingerprint density at radius 1 is 1.29 bits per heavy atom. The predicted molar refractivity (Wildman–Crippen MR) is 106 cm³/mol. The van der Waals surface area contributed by atoms with Crippen LogP contribution in [0.4, 0.5) is 4.79 Å². The molecule has 1 aliphatic heterocycles. The van der Waals surface area contributed by atoms with Crippen molar-refractivity contribution in [2.75, 3.05) is 6.54 Å². The van der Waals surface area contributed by atoms with Crippen LogP contribution in [-0.4, -0.2) is 34.9 Å². The quantitative estimate of drug-likeness (QED) is 0.578. The summed E-state index contributed by atoms with van der Waals surface area (Å²) in [5, 5.41) is 3.71. The second-order valence-electron chi connectivity index (χ2n) is 8.65. The summed E-state index contributed by atoms with van der Waals surface area (Å²) in [7, 11) is 0. The maximum absolute atomic E-state index is 13.0. The van der Waals surface area contributed by atoms with E-state index in [1.807, 2.05) is 0 Å². The van der Waals surface area contributed by atoms with E-state index in [0.29, 0.717) is 34.4 Å². The molecule has 1 saturated carbocycles. The van der Waals surface area contributed by atoms with Crippen molar-refractivity contribution in [3.63, 3.8) is 0 Å². The van der Waals surface area contributed by atoms with Gasteiger partial charge in [0.25, 0.3) is 5.91 Å². The van der Waals surface area contributed by atoms with Gasteiger partial charge in [0.2, 0.25) is 0 Å². The summed E-state index contributed by atoms with van der Waals surface area (Å²) in [4.78, 5) is 38.7. The van der Waals surface area contributed by atoms with Crippen LogP contribution >= 0.6 is 23.2 Å². The molecule has 1 N–H and O–H groups in total. The molecule has 2 fully saturated rings. The smallest absolute Gasteiger partial charge is 0.326 e. The number of halogens is 2. The number of esters is 1. The van der Waals surface area contributed by atoms with E-state index in [-0.39, 0.29) is 17.9 Å². The van der Waals surface area contributed by atoms with E-state index in [1.54, 1.807) is 18.2 Å². The molecule has 28 heavy (non-hydrogen) atoms. The zero-order valence-corrected chi connectivity index (χ0v) is 17.7. The van der Waals surface area contributed by atoms with Crippen molar-refractivity contribution in [3.05, 3.63) is 33.8 Å². The Hall–Kier alpha value is -1.79. The van der Waals surface area contributed by atoms with Gasteiger partial charge in [-0.25, -0.2) is 4.79 Å². The Labute approximate surface area is 174 Å². The molecule has 1 saturated heterocycles. The Kier molecular flexibility index (Phi) is 5.65. The highest BCUT2D eigenvalue weighted by Gasteiger charge is 2.56. The number of amides is 3. The number of nitrogens with zero attached hydrogens (tertiary/aromatic N) is 1. The van der Waals surface area contributed by atoms with Gasteiger partial charge < -0.3 is 10.1 Å². The van der Waals surface area contributed by atoms with Crippen LogP contribution < -0.4 is 5.32 Å². The van der Waals surface area contributed by atoms with Gasteiger partial charge >= 0.3 is 12.0 Å². The topological polar surface area (TPSA) is 75.7 Å². The van der Waals surface area contributed by atoms with Crippen LogP contribution in [0.2, 0.25) is 10.0 Å². The molecule has 1 aromatic carbocycles. The number of hydrogen-bond acceptors (Lipinski definition) is 4. The number of hydrogen-bond donors (Lipinski definition) is 1. The first-order chi connectivity index (χ1) is 13.0. The minimum atomic E-state index is -0.933. The number of urea groups is 1. The van der Waals surface area contributed by atoms with Gasteiger partial charge in [0, 0.05) is 15.6 Å². The molecule has 2 atom stereocenters. The van der Waals surface area contributed by atoms with Crippen molar-refractivity contribution in [2.45, 2.75) is 52.2 Å². The van der Waals surface area contributed by atoms with Crippen LogP contribution in [0.1, 0.15) is 45.6 Å². The number of carbonyl (C=O) groups excluding carboxylic acids is 3. The molecule has 152 valence electrons. The second-order valence-corrected chi connectivity index (χ2v) is 9.50. The highest BCUT2D eigenvalue weighted by molar-refractivity contribution is 6.35. The molecule has 1 spiro atoms. The van der Waals surface area contributed by atoms with Crippen molar-refractivity contribution in [1.82, 2.24) is 10.2 Å². The molecule has 2 aliphatic rings. The van der Waals surface area contributed by atoms with E-state index in [4.69, 9.17) is 27.9 Å². The fourth-order valence-corrected chi connectivity index (χ4v) is 5.08. The van der Waals surface area contributed by atoms with Crippen molar-refractivity contribution in [3.8, 4) is 0 Å². The lowest BCUT2D eigenvalue weighted by Gasteiger charge is -2.43. The minimum absolute atomic E-state index is 0.0618. The summed E-state index contributed by atoms with van der Waals surface area (Å²) in [6.07, 6.45) is 2.12. The lowest BCUT2D eigenvalue weighted by atomic mass is 9.64. The van der Waals surface area contributed by atoms with Crippen molar-refractivity contribution >= 4 is 41.1 Å². The molecule has 0 aromatic heterocycles. The number of ether oxygens (including phenoxy) is 1. The molecule has 0 radical (unpaired) electrons. The highest BCUT2D eigenvalue weighted by Crippen LogP contribution is 2.46. The summed E-state index contributed by atoms with van der Waals surface area (Å²) in [6.45, 7) is 5.78. The molecule has 6 nitrogen and oxygen atoms in total. The first-order valence-electron chi connectivity index (χ1n) is 9.25. The van der Waals surface area contributed by atoms with E-state index in [2.05, 4.69) is 26.1 Å². The molecule has 0 bridgehead atoms. The second kappa shape index (κ2) is 7.56. The van der Waals surface area contributed by atoms with Gasteiger partial charge in [-0.15, -0.1) is 0 Å². The van der Waals surface area contributed by atoms with E-state index < -0.39 is 24.1 Å². The fourth-order valence-electron chi connectivity index (χ4n) is 4.62. The Balaban J connectivity index is 1.65. The zero-order chi connectivity index (χ0) is 20.7. The van der Waals surface area contributed by atoms with E-state index in [0.717, 1.165) is 11.3 Å². The Morgan fingerprint density at radius 3 is 2.64 bits per heavy atom. The van der Waals surface area contributed by atoms with Gasteiger partial charge in [-0.05, 0) is 42.7 Å². The Morgan fingerprint density at radius 2 is 2.00 bits per heavy atom. The maximum Gasteiger partial charge on any atom is 0.326 e. The summed E-state index contributed by atoms with van der Waals surface area (Å²) < 4.78 is 5.20. The number of imide groups is 1. The Bertz CT molecular complexity index is 826. The molecule has 8 heteroatoms. The third-order valence-electron chi connectivity index (χ3n) is 5.32. The molecule has 3 amide bonds. The summed E-state index contributed by atoms with van der Waals surface area (Å²) in [5.74, 6) is -0.722. The largest absolute Gasteiger partial charge is 0.459 e. The van der Waals surface area contributed by atoms with Crippen LogP contribution in [0.15, 0.2) is 18.2 Å². The lowest BCUT2D eigenvalue weighted by molar-refractivity contribution is -0.149. The SMILES string of the molecule is CC1CC(C)(C)CC2(C1)NC(=O)N(CC(=O)OCc1ccc(Cl)cc1Cl)C2=O. The highest BCUT2D eigenvalue weighted by atomic mass is 35.5. The first kappa shape index (κ1) is 20.9. The van der Waals surface area contributed by atoms with Gasteiger partial charge in [0.1, 0.15) is 18.7 Å². The van der Waals surface area contributed by atoms with Crippen molar-refractivity contribution in [2.24, 2.45) is 11.3 Å². The first-order valence-corrected chi connectivity index (χ1v) is 10.0. The van der Waals surface area contributed by atoms with Crippen LogP contribution in [-0.2, 0) is 20.9 Å². The van der Waals surface area contributed by atoms with Crippen LogP contribution in [0, 0.1) is 11.3 Å². The molecule has 2 unspecified atom stereocenters. The normalized spacial score (nSPS) is 26.5. The van der Waals surface area contributed by atoms with Gasteiger partial charge in [0.05, 0.1) is 0 Å². The number of carbonyl (C=O) groups is 3. The number of rotatable bonds is 4. The van der Waals surface area contributed by atoms with Gasteiger partial charge in [-0.3, -0.25) is 14.5 Å². The van der Waals surface area contributed by atoms with Crippen LogP contribution in [0.25, 0.3) is 0 Å². The summed E-state index contributed by atoms with van der Waals surface area (Å²) in [6, 6.07) is 4.31. The predicted octanol–water partition coefficient (Wildman–Crippen LogP) is 4.17. The van der Waals surface area contributed by atoms with E-state index in [1.165, 1.54) is 0 Å². The molecule has 1 heterocycles. The third-order valence-corrected chi connectivity index (χ3v) is 5.90. The van der Waals surface area contributed by atoms with Crippen LogP contribution in [0.3, 0.4) is 0 Å². The average molecular weight is 427 g/mol. The maximum atomic E-state index is 13.0. The third kappa shape index (κ3) is 4.28. The monoisotopic (exact) mass is 426 g/mol. The molecule has 1 aromatic rings. The lowest BCUT2D eigenvalue weighted by Crippen LogP contribution is -2.54. The zero-order valence-electron chi connectivity index (χ0n) is 16.2. The molecular weight excluding hydrogens is 403 g/mol. The number of benzene rings is 1. The van der Waals surface area contributed by atoms with E-state index >= 15 is 0 Å². The summed E-state index contributed by atoms with van der Waals surface area (Å²) >= 11 is 11.9. The minimum Gasteiger partial charge on any atom is -0.459 e. The van der Waals surface area contributed by atoms with Crippen molar-refractivity contribution in [1.29, 1.82) is 0 Å². The summed E-state index contributed by atoms with van der Waals surface area (Å²) in [5.41, 5.74) is -0.406. The van der Waals surface area contributed by atoms with Crippen LogP contribution in [0.5, 0.6) is 0 Å². The van der Waals surface area contributed by atoms with Gasteiger partial charge in [0.15, 0.2) is 0 Å². The average Bonchev–Trinajstić information content (AvgIpc) is 2.75. The van der Waals surface area contributed by atoms with Gasteiger partial charge in [-0.1, -0.05) is 50.0 Å². The molecule has 1 aliphatic carbocycles. The standard InChI is InChI=1S/C20H24Cl2N2O4/c1-12-7-19(2,3)11-20(8-12)17(26)24(18(27)23-20)9-16(25)28-10-13-4-5-14(21)6-15(13)22/h4-6,12H,7-11H2,1-3H3,(H,23,27). The van der Waals surface area contributed by atoms with Gasteiger partial charge in [-0.2, -0.15) is 0 Å². The van der Waals surface area contributed by atoms with Crippen molar-refractivity contribution < 1.29 is 19.1 Å². The molecular formula is C20H24Cl2N2O4. The number of nitrogens with one attached hydrogen (secondary N) is 1. The molecule has 3 rings (SSSR count). The van der Waals surface area contributed by atoms with E-state index in [9.17, 15) is 14.4 Å². The fraction of sp³-hybridized carbons (Fsp3) is 0.550.